The molecular formula is C20H23ClFN3S. The first-order valence-electron chi connectivity index (χ1n) is 8.79. The van der Waals surface area contributed by atoms with Crippen LogP contribution < -0.4 is 5.32 Å². The molecule has 1 saturated heterocycles. The molecule has 1 atom stereocenters. The average Bonchev–Trinajstić information content (AvgIpc) is 2.65. The van der Waals surface area contributed by atoms with Crippen molar-refractivity contribution in [3.05, 3.63) is 70.5 Å². The molecule has 1 aliphatic heterocycles. The maximum Gasteiger partial charge on any atom is 0.169 e. The highest BCUT2D eigenvalue weighted by Crippen LogP contribution is 2.20. The summed E-state index contributed by atoms with van der Waals surface area (Å²) in [7, 11) is 0. The molecule has 1 N–H and O–H groups in total. The van der Waals surface area contributed by atoms with Crippen LogP contribution in [0, 0.1) is 5.82 Å². The summed E-state index contributed by atoms with van der Waals surface area (Å²) in [5, 5.41) is 4.70. The van der Waals surface area contributed by atoms with Crippen LogP contribution in [0.1, 0.15) is 24.1 Å². The summed E-state index contributed by atoms with van der Waals surface area (Å²) in [6.07, 6.45) is 0. The van der Waals surface area contributed by atoms with Crippen LogP contribution in [0.5, 0.6) is 0 Å². The van der Waals surface area contributed by atoms with Crippen molar-refractivity contribution in [2.24, 2.45) is 0 Å². The van der Waals surface area contributed by atoms with Crippen molar-refractivity contribution >= 4 is 28.9 Å². The van der Waals surface area contributed by atoms with Crippen molar-refractivity contribution in [1.82, 2.24) is 15.1 Å². The SMILES string of the molecule is C[C@@H](NC(=S)N1CCN(Cc2ccc(F)cc2Cl)CC1)c1ccccc1. The largest absolute Gasteiger partial charge is 0.356 e. The lowest BCUT2D eigenvalue weighted by Crippen LogP contribution is -2.51. The van der Waals surface area contributed by atoms with Crippen molar-refractivity contribution in [3.8, 4) is 0 Å². The van der Waals surface area contributed by atoms with Gasteiger partial charge in [-0.3, -0.25) is 4.90 Å². The second-order valence-corrected chi connectivity index (χ2v) is 7.37. The first kappa shape index (κ1) is 19.1. The Morgan fingerprint density at radius 1 is 1.15 bits per heavy atom. The van der Waals surface area contributed by atoms with E-state index in [1.807, 2.05) is 18.2 Å². The number of hydrogen-bond acceptors (Lipinski definition) is 2. The Morgan fingerprint density at radius 3 is 2.50 bits per heavy atom. The molecule has 3 rings (SSSR count). The maximum atomic E-state index is 13.2. The highest BCUT2D eigenvalue weighted by molar-refractivity contribution is 7.80. The van der Waals surface area contributed by atoms with Gasteiger partial charge in [0.1, 0.15) is 5.82 Å². The molecule has 26 heavy (non-hydrogen) atoms. The van der Waals surface area contributed by atoms with Crippen LogP contribution in [0.15, 0.2) is 48.5 Å². The average molecular weight is 392 g/mol. The molecule has 0 aromatic heterocycles. The zero-order valence-corrected chi connectivity index (χ0v) is 16.4. The minimum atomic E-state index is -0.299. The van der Waals surface area contributed by atoms with E-state index >= 15 is 0 Å². The van der Waals surface area contributed by atoms with Gasteiger partial charge >= 0.3 is 0 Å². The van der Waals surface area contributed by atoms with E-state index in [2.05, 4.69) is 34.2 Å². The van der Waals surface area contributed by atoms with Gasteiger partial charge in [0.25, 0.3) is 0 Å². The first-order chi connectivity index (χ1) is 12.5. The third kappa shape index (κ3) is 4.93. The number of hydrogen-bond donors (Lipinski definition) is 1. The lowest BCUT2D eigenvalue weighted by Gasteiger charge is -2.37. The fourth-order valence-electron chi connectivity index (χ4n) is 3.10. The van der Waals surface area contributed by atoms with Crippen molar-refractivity contribution < 1.29 is 4.39 Å². The number of benzene rings is 2. The molecular weight excluding hydrogens is 369 g/mol. The van der Waals surface area contributed by atoms with Crippen LogP contribution in [-0.2, 0) is 6.54 Å². The molecule has 0 spiro atoms. The number of nitrogens with one attached hydrogen (secondary N) is 1. The molecule has 2 aromatic rings. The fourth-order valence-corrected chi connectivity index (χ4v) is 3.69. The number of rotatable bonds is 4. The number of thiocarbonyl (C=S) groups is 1. The summed E-state index contributed by atoms with van der Waals surface area (Å²) in [4.78, 5) is 4.52. The van der Waals surface area contributed by atoms with Gasteiger partial charge in [0.2, 0.25) is 0 Å². The summed E-state index contributed by atoms with van der Waals surface area (Å²) < 4.78 is 13.2. The van der Waals surface area contributed by atoms with Crippen molar-refractivity contribution in [2.75, 3.05) is 26.2 Å². The quantitative estimate of drug-likeness (QED) is 0.785. The van der Waals surface area contributed by atoms with E-state index in [1.165, 1.54) is 17.7 Å². The molecule has 1 aliphatic rings. The summed E-state index contributed by atoms with van der Waals surface area (Å²) in [5.74, 6) is -0.299. The van der Waals surface area contributed by atoms with Gasteiger partial charge in [0.05, 0.1) is 6.04 Å². The van der Waals surface area contributed by atoms with E-state index in [9.17, 15) is 4.39 Å². The first-order valence-corrected chi connectivity index (χ1v) is 9.58. The normalized spacial score (nSPS) is 16.3. The van der Waals surface area contributed by atoms with Gasteiger partial charge in [-0.15, -0.1) is 0 Å². The van der Waals surface area contributed by atoms with Gasteiger partial charge in [-0.25, -0.2) is 4.39 Å². The zero-order chi connectivity index (χ0) is 18.5. The fraction of sp³-hybridized carbons (Fsp3) is 0.350. The molecule has 1 heterocycles. The maximum absolute atomic E-state index is 13.2. The second-order valence-electron chi connectivity index (χ2n) is 6.58. The van der Waals surface area contributed by atoms with Gasteiger partial charge in [-0.2, -0.15) is 0 Å². The van der Waals surface area contributed by atoms with E-state index in [4.69, 9.17) is 23.8 Å². The topological polar surface area (TPSA) is 18.5 Å². The lowest BCUT2D eigenvalue weighted by atomic mass is 10.1. The smallest absolute Gasteiger partial charge is 0.169 e. The number of piperazine rings is 1. The highest BCUT2D eigenvalue weighted by atomic mass is 35.5. The Labute approximate surface area is 164 Å². The predicted octanol–water partition coefficient (Wildman–Crippen LogP) is 4.23. The van der Waals surface area contributed by atoms with Gasteiger partial charge in [-0.1, -0.05) is 48.0 Å². The molecule has 2 aromatic carbocycles. The second kappa shape index (κ2) is 8.80. The molecule has 0 unspecified atom stereocenters. The molecule has 138 valence electrons. The predicted molar refractivity (Wildman–Crippen MR) is 109 cm³/mol. The summed E-state index contributed by atoms with van der Waals surface area (Å²) in [6, 6.07) is 15.1. The van der Waals surface area contributed by atoms with Gasteiger partial charge in [0, 0.05) is 37.7 Å². The Hall–Kier alpha value is -1.69. The Morgan fingerprint density at radius 2 is 1.85 bits per heavy atom. The zero-order valence-electron chi connectivity index (χ0n) is 14.8. The van der Waals surface area contributed by atoms with Gasteiger partial charge in [-0.05, 0) is 42.4 Å². The highest BCUT2D eigenvalue weighted by Gasteiger charge is 2.20. The Bertz CT molecular complexity index is 748. The van der Waals surface area contributed by atoms with Gasteiger partial charge < -0.3 is 10.2 Å². The van der Waals surface area contributed by atoms with Crippen LogP contribution in [0.4, 0.5) is 4.39 Å². The Balaban J connectivity index is 1.49. The molecule has 6 heteroatoms. The number of nitrogens with zero attached hydrogens (tertiary/aromatic N) is 2. The molecule has 0 aliphatic carbocycles. The van der Waals surface area contributed by atoms with E-state index in [1.54, 1.807) is 6.07 Å². The van der Waals surface area contributed by atoms with E-state index in [0.717, 1.165) is 43.4 Å². The third-order valence-corrected chi connectivity index (χ3v) is 5.44. The van der Waals surface area contributed by atoms with E-state index < -0.39 is 0 Å². The van der Waals surface area contributed by atoms with Crippen molar-refractivity contribution in [3.63, 3.8) is 0 Å². The van der Waals surface area contributed by atoms with Crippen LogP contribution >= 0.6 is 23.8 Å². The number of halogens is 2. The van der Waals surface area contributed by atoms with E-state index in [-0.39, 0.29) is 11.9 Å². The van der Waals surface area contributed by atoms with Crippen LogP contribution in [-0.4, -0.2) is 41.1 Å². The van der Waals surface area contributed by atoms with Gasteiger partial charge in [0.15, 0.2) is 5.11 Å². The molecule has 3 nitrogen and oxygen atoms in total. The molecule has 0 bridgehead atoms. The standard InChI is InChI=1S/C20H23ClFN3S/c1-15(16-5-3-2-4-6-16)23-20(26)25-11-9-24(10-12-25)14-17-7-8-18(22)13-19(17)21/h2-8,13,15H,9-12,14H2,1H3,(H,23,26)/t15-/m1/s1. The van der Waals surface area contributed by atoms with Crippen molar-refractivity contribution in [2.45, 2.75) is 19.5 Å². The molecule has 0 amide bonds. The monoisotopic (exact) mass is 391 g/mol. The lowest BCUT2D eigenvalue weighted by molar-refractivity contribution is 0.174. The third-order valence-electron chi connectivity index (χ3n) is 4.71. The van der Waals surface area contributed by atoms with E-state index in [0.29, 0.717) is 5.02 Å². The molecule has 1 fully saturated rings. The summed E-state index contributed by atoms with van der Waals surface area (Å²) in [5.41, 5.74) is 2.18. The van der Waals surface area contributed by atoms with Crippen molar-refractivity contribution in [1.29, 1.82) is 0 Å². The Kier molecular flexibility index (Phi) is 6.46. The molecule has 0 saturated carbocycles. The molecule has 0 radical (unpaired) electrons. The van der Waals surface area contributed by atoms with Crippen LogP contribution in [0.2, 0.25) is 5.02 Å². The van der Waals surface area contributed by atoms with Crippen LogP contribution in [0.25, 0.3) is 0 Å². The summed E-state index contributed by atoms with van der Waals surface area (Å²) in [6.45, 7) is 6.38. The van der Waals surface area contributed by atoms with Crippen LogP contribution in [0.3, 0.4) is 0 Å². The summed E-state index contributed by atoms with van der Waals surface area (Å²) >= 11 is 11.7. The minimum absolute atomic E-state index is 0.180. The minimum Gasteiger partial charge on any atom is -0.356 e.